The molecule has 2 heterocycles. The van der Waals surface area contributed by atoms with Gasteiger partial charge in [0.05, 0.1) is 0 Å². The Bertz CT molecular complexity index is 625. The molecule has 20 heavy (non-hydrogen) atoms. The maximum Gasteiger partial charge on any atom is 0.115 e. The fourth-order valence-electron chi connectivity index (χ4n) is 2.47. The summed E-state index contributed by atoms with van der Waals surface area (Å²) in [5.74, 6) is 2.26. The summed E-state index contributed by atoms with van der Waals surface area (Å²) in [6, 6.07) is 6.11. The normalized spacial score (nSPS) is 16.0. The van der Waals surface area contributed by atoms with Crippen molar-refractivity contribution >= 4 is 34.7 Å². The van der Waals surface area contributed by atoms with Crippen LogP contribution in [-0.4, -0.2) is 10.9 Å². The van der Waals surface area contributed by atoms with Gasteiger partial charge in [-0.25, -0.2) is 0 Å². The molecule has 1 aromatic heterocycles. The molecule has 0 spiro atoms. The lowest BCUT2D eigenvalue weighted by atomic mass is 10.0. The molecule has 4 heteroatoms. The quantitative estimate of drug-likeness (QED) is 0.848. The van der Waals surface area contributed by atoms with Crippen LogP contribution in [0.2, 0.25) is 5.02 Å². The van der Waals surface area contributed by atoms with Crippen LogP contribution in [0.15, 0.2) is 18.2 Å². The molecule has 1 aromatic carbocycles. The van der Waals surface area contributed by atoms with Crippen LogP contribution in [-0.2, 0) is 12.2 Å². The van der Waals surface area contributed by atoms with Gasteiger partial charge in [0.2, 0.25) is 0 Å². The smallest absolute Gasteiger partial charge is 0.115 e. The Morgan fingerprint density at radius 2 is 1.95 bits per heavy atom. The fraction of sp³-hybridized carbons (Fsp3) is 0.375. The van der Waals surface area contributed by atoms with Crippen molar-refractivity contribution in [1.82, 2.24) is 0 Å². The summed E-state index contributed by atoms with van der Waals surface area (Å²) in [7, 11) is 0. The lowest BCUT2D eigenvalue weighted by Gasteiger charge is -2.13. The number of thiophene rings is 1. The number of aryl methyl sites for hydroxylation is 3. The molecule has 3 rings (SSSR count). The molecule has 1 atom stereocenters. The highest BCUT2D eigenvalue weighted by Gasteiger charge is 2.21. The zero-order chi connectivity index (χ0) is 14.3. The van der Waals surface area contributed by atoms with Crippen molar-refractivity contribution in [1.29, 1.82) is 0 Å². The zero-order valence-electron chi connectivity index (χ0n) is 11.6. The molecule has 0 amide bonds. The van der Waals surface area contributed by atoms with Crippen LogP contribution in [0.5, 0.6) is 0 Å². The van der Waals surface area contributed by atoms with Crippen molar-refractivity contribution in [2.75, 3.05) is 5.75 Å². The van der Waals surface area contributed by atoms with E-state index in [1.165, 1.54) is 21.8 Å². The Labute approximate surface area is 133 Å². The van der Waals surface area contributed by atoms with Gasteiger partial charge in [-0.1, -0.05) is 17.7 Å². The van der Waals surface area contributed by atoms with Crippen LogP contribution in [0.4, 0.5) is 0 Å². The second-order valence-electron chi connectivity index (χ2n) is 5.26. The Morgan fingerprint density at radius 3 is 2.70 bits per heavy atom. The van der Waals surface area contributed by atoms with Crippen LogP contribution in [0.1, 0.15) is 38.1 Å². The molecule has 1 unspecified atom stereocenters. The lowest BCUT2D eigenvalue weighted by Crippen LogP contribution is -2.00. The third-order valence-electron chi connectivity index (χ3n) is 3.82. The van der Waals surface area contributed by atoms with Gasteiger partial charge in [0, 0.05) is 26.1 Å². The third kappa shape index (κ3) is 2.64. The van der Waals surface area contributed by atoms with E-state index in [4.69, 9.17) is 11.6 Å². The van der Waals surface area contributed by atoms with E-state index < -0.39 is 6.10 Å². The highest BCUT2D eigenvalue weighted by atomic mass is 35.5. The van der Waals surface area contributed by atoms with Crippen molar-refractivity contribution in [2.24, 2.45) is 0 Å². The first-order chi connectivity index (χ1) is 9.56. The van der Waals surface area contributed by atoms with Crippen LogP contribution < -0.4 is 0 Å². The number of rotatable bonds is 2. The van der Waals surface area contributed by atoms with Gasteiger partial charge >= 0.3 is 0 Å². The molecule has 2 aromatic rings. The monoisotopic (exact) mass is 324 g/mol. The predicted octanol–water partition coefficient (Wildman–Crippen LogP) is 4.89. The molecule has 0 bridgehead atoms. The van der Waals surface area contributed by atoms with E-state index in [1.807, 2.05) is 30.8 Å². The van der Waals surface area contributed by atoms with Gasteiger partial charge in [-0.2, -0.15) is 11.8 Å². The summed E-state index contributed by atoms with van der Waals surface area (Å²) in [5.41, 5.74) is 4.54. The summed E-state index contributed by atoms with van der Waals surface area (Å²) < 4.78 is 0. The largest absolute Gasteiger partial charge is 0.383 e. The standard InChI is InChI=1S/C16H17ClOS2/c1-9-5-12(13(17)6-10(9)2)16(18)15-7-11-8-19-4-3-14(11)20-15/h5-7,16,18H,3-4,8H2,1-2H3. The van der Waals surface area contributed by atoms with Crippen LogP contribution >= 0.6 is 34.7 Å². The summed E-state index contributed by atoms with van der Waals surface area (Å²) in [6.45, 7) is 4.09. The molecule has 1 N–H and O–H groups in total. The Hall–Kier alpha value is -0.480. The Morgan fingerprint density at radius 1 is 1.20 bits per heavy atom. The number of benzene rings is 1. The maximum atomic E-state index is 10.7. The van der Waals surface area contributed by atoms with Gasteiger partial charge in [0.25, 0.3) is 0 Å². The summed E-state index contributed by atoms with van der Waals surface area (Å²) in [4.78, 5) is 2.44. The SMILES string of the molecule is Cc1cc(Cl)c(C(O)c2cc3c(s2)CCSC3)cc1C. The zero-order valence-corrected chi connectivity index (χ0v) is 14.0. The molecule has 0 aliphatic carbocycles. The van der Waals surface area contributed by atoms with E-state index in [1.54, 1.807) is 11.3 Å². The molecule has 0 fully saturated rings. The van der Waals surface area contributed by atoms with E-state index in [2.05, 4.69) is 13.0 Å². The van der Waals surface area contributed by atoms with Gasteiger partial charge in [0.1, 0.15) is 6.10 Å². The van der Waals surface area contributed by atoms with Crippen molar-refractivity contribution in [2.45, 2.75) is 32.1 Å². The first-order valence-electron chi connectivity index (χ1n) is 6.70. The highest BCUT2D eigenvalue weighted by molar-refractivity contribution is 7.98. The maximum absolute atomic E-state index is 10.7. The van der Waals surface area contributed by atoms with Gasteiger partial charge in [-0.05, 0) is 54.8 Å². The molecular formula is C16H17ClOS2. The summed E-state index contributed by atoms with van der Waals surface area (Å²) in [6.07, 6.45) is 0.514. The molecule has 0 radical (unpaired) electrons. The highest BCUT2D eigenvalue weighted by Crippen LogP contribution is 2.38. The Balaban J connectivity index is 1.98. The minimum absolute atomic E-state index is 0.609. The van der Waals surface area contributed by atoms with Crippen LogP contribution in [0.3, 0.4) is 0 Å². The minimum atomic E-state index is -0.609. The lowest BCUT2D eigenvalue weighted by molar-refractivity contribution is 0.224. The molecule has 1 aliphatic rings. The second-order valence-corrected chi connectivity index (χ2v) is 7.94. The van der Waals surface area contributed by atoms with E-state index in [0.717, 1.165) is 28.2 Å². The molecular weight excluding hydrogens is 308 g/mol. The van der Waals surface area contributed by atoms with Crippen molar-refractivity contribution in [3.63, 3.8) is 0 Å². The number of aliphatic hydroxyl groups is 1. The predicted molar refractivity (Wildman–Crippen MR) is 89.2 cm³/mol. The number of thioether (sulfide) groups is 1. The van der Waals surface area contributed by atoms with Crippen molar-refractivity contribution < 1.29 is 5.11 Å². The van der Waals surface area contributed by atoms with Gasteiger partial charge in [0.15, 0.2) is 0 Å². The van der Waals surface area contributed by atoms with E-state index in [0.29, 0.717) is 5.02 Å². The van der Waals surface area contributed by atoms with Crippen LogP contribution in [0.25, 0.3) is 0 Å². The van der Waals surface area contributed by atoms with Crippen LogP contribution in [0, 0.1) is 13.8 Å². The molecule has 1 aliphatic heterocycles. The fourth-order valence-corrected chi connectivity index (χ4v) is 5.17. The second kappa shape index (κ2) is 5.72. The first kappa shape index (κ1) is 14.5. The third-order valence-corrected chi connectivity index (χ3v) is 6.45. The van der Waals surface area contributed by atoms with Gasteiger partial charge in [-0.15, -0.1) is 11.3 Å². The number of halogens is 1. The van der Waals surface area contributed by atoms with Gasteiger partial charge in [-0.3, -0.25) is 0 Å². The number of hydrogen-bond donors (Lipinski definition) is 1. The molecule has 106 valence electrons. The average molecular weight is 325 g/mol. The van der Waals surface area contributed by atoms with E-state index in [9.17, 15) is 5.11 Å². The summed E-state index contributed by atoms with van der Waals surface area (Å²) in [5, 5.41) is 11.3. The summed E-state index contributed by atoms with van der Waals surface area (Å²) >= 11 is 10.0. The number of aliphatic hydroxyl groups excluding tert-OH is 1. The number of hydrogen-bond acceptors (Lipinski definition) is 3. The van der Waals surface area contributed by atoms with E-state index >= 15 is 0 Å². The molecule has 1 nitrogen and oxygen atoms in total. The average Bonchev–Trinajstić information content (AvgIpc) is 2.86. The molecule has 0 saturated carbocycles. The molecule has 0 saturated heterocycles. The topological polar surface area (TPSA) is 20.2 Å². The first-order valence-corrected chi connectivity index (χ1v) is 9.05. The Kier molecular flexibility index (Phi) is 4.14. The minimum Gasteiger partial charge on any atom is -0.383 e. The van der Waals surface area contributed by atoms with E-state index in [-0.39, 0.29) is 0 Å². The van der Waals surface area contributed by atoms with Gasteiger partial charge < -0.3 is 5.11 Å². The van der Waals surface area contributed by atoms with Crippen molar-refractivity contribution in [3.05, 3.63) is 55.2 Å². The van der Waals surface area contributed by atoms with Crippen molar-refractivity contribution in [3.8, 4) is 0 Å². The number of fused-ring (bicyclic) bond motifs is 1.